The fourth-order valence-electron chi connectivity index (χ4n) is 2.99. The number of anilines is 1. The maximum atomic E-state index is 12.1. The first kappa shape index (κ1) is 16.4. The molecule has 1 aliphatic heterocycles. The van der Waals surface area contributed by atoms with E-state index in [0.29, 0.717) is 25.7 Å². The summed E-state index contributed by atoms with van der Waals surface area (Å²) in [5, 5.41) is 5.57. The number of fused-ring (bicyclic) bond motifs is 1. The molecule has 1 aliphatic rings. The van der Waals surface area contributed by atoms with Crippen LogP contribution in [0.5, 0.6) is 0 Å². The molecule has 1 aromatic carbocycles. The molecule has 0 bridgehead atoms. The fourth-order valence-corrected chi connectivity index (χ4v) is 2.99. The molecule has 6 nitrogen and oxygen atoms in total. The van der Waals surface area contributed by atoms with Crippen molar-refractivity contribution in [3.05, 3.63) is 51.8 Å². The SMILES string of the molecule is Cc1cc(C)c(CNC(=O)Nc2ncc3c(n2)CCOC3)c(C)c1. The van der Waals surface area contributed by atoms with Gasteiger partial charge in [-0.15, -0.1) is 0 Å². The molecular weight excluding hydrogens is 304 g/mol. The van der Waals surface area contributed by atoms with Gasteiger partial charge in [0.1, 0.15) is 0 Å². The smallest absolute Gasteiger partial charge is 0.321 e. The summed E-state index contributed by atoms with van der Waals surface area (Å²) < 4.78 is 5.36. The van der Waals surface area contributed by atoms with Crippen molar-refractivity contribution in [2.45, 2.75) is 40.3 Å². The summed E-state index contributed by atoms with van der Waals surface area (Å²) in [6.45, 7) is 7.85. The standard InChI is InChI=1S/C18H22N4O2/c1-11-6-12(2)15(13(3)7-11)9-20-18(23)22-17-19-8-14-10-24-5-4-16(14)21-17/h6-8H,4-5,9-10H2,1-3H3,(H2,19,20,21,22,23). The third-order valence-corrected chi connectivity index (χ3v) is 4.19. The lowest BCUT2D eigenvalue weighted by atomic mass is 10.00. The Hall–Kier alpha value is -2.47. The molecule has 0 saturated carbocycles. The van der Waals surface area contributed by atoms with Crippen LogP contribution in [0.3, 0.4) is 0 Å². The zero-order chi connectivity index (χ0) is 17.1. The van der Waals surface area contributed by atoms with E-state index in [1.54, 1.807) is 6.20 Å². The summed E-state index contributed by atoms with van der Waals surface area (Å²) in [7, 11) is 0. The molecule has 6 heteroatoms. The van der Waals surface area contributed by atoms with E-state index in [0.717, 1.165) is 23.2 Å². The summed E-state index contributed by atoms with van der Waals surface area (Å²) in [5.41, 5.74) is 6.65. The minimum atomic E-state index is -0.304. The highest BCUT2D eigenvalue weighted by atomic mass is 16.5. The molecular formula is C18H22N4O2. The monoisotopic (exact) mass is 326 g/mol. The second kappa shape index (κ2) is 6.97. The van der Waals surface area contributed by atoms with Crippen LogP contribution in [0.1, 0.15) is 33.5 Å². The lowest BCUT2D eigenvalue weighted by molar-refractivity contribution is 0.109. The number of carbonyl (C=O) groups excluding carboxylic acids is 1. The minimum absolute atomic E-state index is 0.304. The average Bonchev–Trinajstić information content (AvgIpc) is 2.53. The predicted octanol–water partition coefficient (Wildman–Crippen LogP) is 2.80. The third-order valence-electron chi connectivity index (χ3n) is 4.19. The molecule has 0 saturated heterocycles. The highest BCUT2D eigenvalue weighted by Crippen LogP contribution is 2.17. The van der Waals surface area contributed by atoms with E-state index in [1.165, 1.54) is 16.7 Å². The first-order valence-electron chi connectivity index (χ1n) is 8.07. The number of rotatable bonds is 3. The molecule has 0 spiro atoms. The van der Waals surface area contributed by atoms with Gasteiger partial charge in [-0.25, -0.2) is 14.8 Å². The molecule has 1 aromatic heterocycles. The van der Waals surface area contributed by atoms with E-state index in [-0.39, 0.29) is 6.03 Å². The second-order valence-corrected chi connectivity index (χ2v) is 6.15. The summed E-state index contributed by atoms with van der Waals surface area (Å²) >= 11 is 0. The van der Waals surface area contributed by atoms with E-state index in [2.05, 4.69) is 53.5 Å². The van der Waals surface area contributed by atoms with Gasteiger partial charge >= 0.3 is 6.03 Å². The molecule has 0 atom stereocenters. The molecule has 0 unspecified atom stereocenters. The van der Waals surface area contributed by atoms with Gasteiger partial charge in [-0.05, 0) is 37.5 Å². The number of amides is 2. The Morgan fingerprint density at radius 3 is 2.75 bits per heavy atom. The number of hydrogen-bond acceptors (Lipinski definition) is 4. The zero-order valence-electron chi connectivity index (χ0n) is 14.3. The van der Waals surface area contributed by atoms with Crippen LogP contribution in [0.2, 0.25) is 0 Å². The van der Waals surface area contributed by atoms with Crippen molar-refractivity contribution in [2.24, 2.45) is 0 Å². The van der Waals surface area contributed by atoms with E-state index < -0.39 is 0 Å². The Bertz CT molecular complexity index is 751. The molecule has 0 fully saturated rings. The number of urea groups is 1. The Morgan fingerprint density at radius 1 is 1.25 bits per heavy atom. The Morgan fingerprint density at radius 2 is 2.00 bits per heavy atom. The summed E-state index contributed by atoms with van der Waals surface area (Å²) in [4.78, 5) is 20.7. The lowest BCUT2D eigenvalue weighted by Gasteiger charge is -2.16. The molecule has 2 heterocycles. The first-order valence-corrected chi connectivity index (χ1v) is 8.07. The normalized spacial score (nSPS) is 13.3. The van der Waals surface area contributed by atoms with Crippen molar-refractivity contribution in [3.63, 3.8) is 0 Å². The third kappa shape index (κ3) is 3.71. The first-order chi connectivity index (χ1) is 11.5. The van der Waals surface area contributed by atoms with Crippen LogP contribution in [0.4, 0.5) is 10.7 Å². The summed E-state index contributed by atoms with van der Waals surface area (Å²) in [6, 6.07) is 3.94. The lowest BCUT2D eigenvalue weighted by Crippen LogP contribution is -2.30. The van der Waals surface area contributed by atoms with Crippen LogP contribution in [0.25, 0.3) is 0 Å². The summed E-state index contributed by atoms with van der Waals surface area (Å²) in [5.74, 6) is 0.325. The van der Waals surface area contributed by atoms with Crippen LogP contribution < -0.4 is 10.6 Å². The minimum Gasteiger partial charge on any atom is -0.376 e. The fraction of sp³-hybridized carbons (Fsp3) is 0.389. The largest absolute Gasteiger partial charge is 0.376 e. The second-order valence-electron chi connectivity index (χ2n) is 6.15. The van der Waals surface area contributed by atoms with Gasteiger partial charge in [-0.3, -0.25) is 5.32 Å². The number of nitrogens with one attached hydrogen (secondary N) is 2. The van der Waals surface area contributed by atoms with Crippen molar-refractivity contribution in [1.82, 2.24) is 15.3 Å². The number of benzene rings is 1. The molecule has 126 valence electrons. The van der Waals surface area contributed by atoms with E-state index >= 15 is 0 Å². The maximum absolute atomic E-state index is 12.1. The van der Waals surface area contributed by atoms with Crippen molar-refractivity contribution in [1.29, 1.82) is 0 Å². The van der Waals surface area contributed by atoms with Crippen molar-refractivity contribution < 1.29 is 9.53 Å². The van der Waals surface area contributed by atoms with E-state index in [9.17, 15) is 4.79 Å². The number of aryl methyl sites for hydroxylation is 3. The molecule has 2 aromatic rings. The highest BCUT2D eigenvalue weighted by molar-refractivity contribution is 5.87. The molecule has 24 heavy (non-hydrogen) atoms. The molecule has 3 rings (SSSR count). The number of hydrogen-bond donors (Lipinski definition) is 2. The van der Waals surface area contributed by atoms with Crippen LogP contribution in [-0.4, -0.2) is 22.6 Å². The number of carbonyl (C=O) groups is 1. The molecule has 0 aliphatic carbocycles. The van der Waals surface area contributed by atoms with Gasteiger partial charge in [0.15, 0.2) is 0 Å². The summed E-state index contributed by atoms with van der Waals surface area (Å²) in [6.07, 6.45) is 2.46. The molecule has 0 radical (unpaired) electrons. The van der Waals surface area contributed by atoms with Crippen LogP contribution >= 0.6 is 0 Å². The number of ether oxygens (including phenoxy) is 1. The van der Waals surface area contributed by atoms with E-state index in [1.807, 2.05) is 0 Å². The Kier molecular flexibility index (Phi) is 4.76. The van der Waals surface area contributed by atoms with Gasteiger partial charge in [0.05, 0.1) is 18.9 Å². The van der Waals surface area contributed by atoms with Crippen LogP contribution in [0.15, 0.2) is 18.3 Å². The van der Waals surface area contributed by atoms with Gasteiger partial charge < -0.3 is 10.1 Å². The quantitative estimate of drug-likeness (QED) is 0.909. The van der Waals surface area contributed by atoms with Gasteiger partial charge in [0, 0.05) is 24.7 Å². The van der Waals surface area contributed by atoms with E-state index in [4.69, 9.17) is 4.74 Å². The van der Waals surface area contributed by atoms with Crippen molar-refractivity contribution >= 4 is 12.0 Å². The average molecular weight is 326 g/mol. The number of aromatic nitrogens is 2. The molecule has 2 amide bonds. The van der Waals surface area contributed by atoms with Crippen LogP contribution in [-0.2, 0) is 24.3 Å². The van der Waals surface area contributed by atoms with Crippen molar-refractivity contribution in [3.8, 4) is 0 Å². The Balaban J connectivity index is 1.62. The van der Waals surface area contributed by atoms with Gasteiger partial charge in [-0.1, -0.05) is 17.7 Å². The van der Waals surface area contributed by atoms with Crippen molar-refractivity contribution in [2.75, 3.05) is 11.9 Å². The zero-order valence-corrected chi connectivity index (χ0v) is 14.3. The molecule has 2 N–H and O–H groups in total. The van der Waals surface area contributed by atoms with Crippen LogP contribution in [0, 0.1) is 20.8 Å². The predicted molar refractivity (Wildman–Crippen MR) is 91.9 cm³/mol. The Labute approximate surface area is 141 Å². The van der Waals surface area contributed by atoms with Gasteiger partial charge in [0.25, 0.3) is 0 Å². The van der Waals surface area contributed by atoms with Gasteiger partial charge in [0.2, 0.25) is 5.95 Å². The highest BCUT2D eigenvalue weighted by Gasteiger charge is 2.13. The van der Waals surface area contributed by atoms with Gasteiger partial charge in [-0.2, -0.15) is 0 Å². The maximum Gasteiger partial charge on any atom is 0.321 e. The topological polar surface area (TPSA) is 76.1 Å². The number of nitrogens with zero attached hydrogens (tertiary/aromatic N) is 2.